The summed E-state index contributed by atoms with van der Waals surface area (Å²) in [6, 6.07) is 8.95. The van der Waals surface area contributed by atoms with Crippen molar-refractivity contribution in [2.45, 2.75) is 53.0 Å². The van der Waals surface area contributed by atoms with Crippen LogP contribution >= 0.6 is 0 Å². The van der Waals surface area contributed by atoms with Gasteiger partial charge in [0.05, 0.1) is 6.61 Å². The zero-order valence-corrected chi connectivity index (χ0v) is 20.7. The van der Waals surface area contributed by atoms with Gasteiger partial charge in [-0.3, -0.25) is 14.5 Å². The highest BCUT2D eigenvalue weighted by molar-refractivity contribution is 5.94. The number of hydrogen-bond acceptors (Lipinski definition) is 5. The van der Waals surface area contributed by atoms with E-state index in [1.807, 2.05) is 51.1 Å². The van der Waals surface area contributed by atoms with Crippen LogP contribution in [-0.2, 0) is 14.3 Å². The minimum atomic E-state index is -1.40. The average molecular weight is 472 g/mol. The number of carboxylic acids is 1. The molecule has 2 amide bonds. The molecule has 0 radical (unpaired) electrons. The third kappa shape index (κ3) is 4.12. The summed E-state index contributed by atoms with van der Waals surface area (Å²) < 4.78 is 5.35. The van der Waals surface area contributed by atoms with Crippen molar-refractivity contribution in [2.75, 3.05) is 44.2 Å². The van der Waals surface area contributed by atoms with Crippen LogP contribution in [0.5, 0.6) is 0 Å². The zero-order chi connectivity index (χ0) is 24.7. The van der Waals surface area contributed by atoms with Crippen LogP contribution in [0.1, 0.15) is 47.0 Å². The fourth-order valence-electron chi connectivity index (χ4n) is 5.88. The Balaban J connectivity index is 1.66. The van der Waals surface area contributed by atoms with E-state index in [4.69, 9.17) is 4.74 Å². The summed E-state index contributed by atoms with van der Waals surface area (Å²) in [6.45, 7) is 10.2. The molecule has 1 spiro atoms. The number of rotatable bonds is 4. The molecule has 1 N–H and O–H groups in total. The second-order valence-corrected chi connectivity index (χ2v) is 11.1. The number of para-hydroxylation sites is 1. The number of nitrogens with zero attached hydrogens (tertiary/aromatic N) is 3. The highest BCUT2D eigenvalue weighted by Crippen LogP contribution is 2.63. The molecule has 1 aliphatic carbocycles. The van der Waals surface area contributed by atoms with E-state index in [1.54, 1.807) is 11.8 Å². The van der Waals surface area contributed by atoms with Crippen molar-refractivity contribution in [2.24, 2.45) is 16.2 Å². The molecule has 0 aromatic heterocycles. The Morgan fingerprint density at radius 1 is 1.06 bits per heavy atom. The van der Waals surface area contributed by atoms with Crippen LogP contribution in [0.2, 0.25) is 0 Å². The summed E-state index contributed by atoms with van der Waals surface area (Å²) >= 11 is 0. The smallest absolute Gasteiger partial charge is 0.410 e. The lowest BCUT2D eigenvalue weighted by molar-refractivity contribution is -0.181. The molecule has 2 saturated heterocycles. The number of piperazine rings is 1. The van der Waals surface area contributed by atoms with Crippen molar-refractivity contribution in [3.8, 4) is 0 Å². The van der Waals surface area contributed by atoms with Crippen LogP contribution in [0.4, 0.5) is 10.5 Å². The van der Waals surface area contributed by atoms with Crippen molar-refractivity contribution < 1.29 is 24.2 Å². The van der Waals surface area contributed by atoms with Crippen LogP contribution in [0.25, 0.3) is 0 Å². The van der Waals surface area contributed by atoms with Gasteiger partial charge in [0.1, 0.15) is 11.5 Å². The Hall–Kier alpha value is -2.77. The lowest BCUT2D eigenvalue weighted by Gasteiger charge is -2.55. The highest BCUT2D eigenvalue weighted by atomic mass is 16.6. The Bertz CT molecular complexity index is 932. The molecule has 34 heavy (non-hydrogen) atoms. The van der Waals surface area contributed by atoms with Crippen molar-refractivity contribution in [3.05, 3.63) is 30.3 Å². The van der Waals surface area contributed by atoms with E-state index in [0.717, 1.165) is 18.5 Å². The van der Waals surface area contributed by atoms with Gasteiger partial charge in [0.25, 0.3) is 0 Å². The van der Waals surface area contributed by atoms with Crippen LogP contribution in [0.15, 0.2) is 30.3 Å². The topological polar surface area (TPSA) is 90.4 Å². The normalized spacial score (nSPS) is 26.4. The number of carboxylic acid groups (broad SMARTS) is 1. The number of amides is 2. The SMILES string of the molecule is CCOC(=O)N1CC2(CC2)C[C@@](C(=O)O)(C(C)(C)C)[C@H]1C(=O)N1CCN(c2ccccc2)CC1. The maximum atomic E-state index is 14.1. The van der Waals surface area contributed by atoms with E-state index in [-0.39, 0.29) is 17.9 Å². The van der Waals surface area contributed by atoms with Gasteiger partial charge in [-0.25, -0.2) is 4.79 Å². The molecule has 2 aliphatic heterocycles. The van der Waals surface area contributed by atoms with Gasteiger partial charge < -0.3 is 19.6 Å². The summed E-state index contributed by atoms with van der Waals surface area (Å²) in [5, 5.41) is 10.7. The predicted molar refractivity (Wildman–Crippen MR) is 129 cm³/mol. The minimum Gasteiger partial charge on any atom is -0.481 e. The van der Waals surface area contributed by atoms with Gasteiger partial charge in [-0.1, -0.05) is 39.0 Å². The minimum absolute atomic E-state index is 0.175. The zero-order valence-electron chi connectivity index (χ0n) is 20.7. The van der Waals surface area contributed by atoms with Crippen molar-refractivity contribution >= 4 is 23.7 Å². The summed E-state index contributed by atoms with van der Waals surface area (Å²) in [5.41, 5.74) is -1.29. The fraction of sp³-hybridized carbons (Fsp3) is 0.654. The maximum absolute atomic E-state index is 14.1. The van der Waals surface area contributed by atoms with Gasteiger partial charge in [0.15, 0.2) is 0 Å². The number of ether oxygens (including phenoxy) is 1. The van der Waals surface area contributed by atoms with Gasteiger partial charge >= 0.3 is 12.1 Å². The van der Waals surface area contributed by atoms with E-state index >= 15 is 0 Å². The molecular formula is C26H37N3O5. The molecule has 1 aromatic carbocycles. The van der Waals surface area contributed by atoms with Gasteiger partial charge in [-0.05, 0) is 49.1 Å². The predicted octanol–water partition coefficient (Wildman–Crippen LogP) is 3.46. The first-order valence-corrected chi connectivity index (χ1v) is 12.3. The quantitative estimate of drug-likeness (QED) is 0.723. The molecule has 2 atom stereocenters. The molecule has 1 aromatic rings. The van der Waals surface area contributed by atoms with Crippen LogP contribution in [0, 0.1) is 16.2 Å². The van der Waals surface area contributed by atoms with Gasteiger partial charge in [0.2, 0.25) is 5.91 Å². The molecule has 2 heterocycles. The van der Waals surface area contributed by atoms with E-state index < -0.39 is 28.9 Å². The Morgan fingerprint density at radius 2 is 1.68 bits per heavy atom. The number of likely N-dealkylation sites (tertiary alicyclic amines) is 1. The molecular weight excluding hydrogens is 434 g/mol. The second-order valence-electron chi connectivity index (χ2n) is 11.1. The molecule has 3 aliphatic rings. The summed E-state index contributed by atoms with van der Waals surface area (Å²) in [7, 11) is 0. The Morgan fingerprint density at radius 3 is 2.18 bits per heavy atom. The standard InChI is InChI=1S/C26H37N3O5/c1-5-34-23(33)29-18-25(11-12-25)17-26(22(31)32,24(2,3)4)20(29)21(30)28-15-13-27(14-16-28)19-9-7-6-8-10-19/h6-10,20H,5,11-18H2,1-4H3,(H,31,32)/t20-,26-/m1/s1. The molecule has 0 unspecified atom stereocenters. The average Bonchev–Trinajstić information content (AvgIpc) is 3.56. The Labute approximate surface area is 201 Å². The third-order valence-corrected chi connectivity index (χ3v) is 8.06. The van der Waals surface area contributed by atoms with Crippen molar-refractivity contribution in [1.29, 1.82) is 0 Å². The maximum Gasteiger partial charge on any atom is 0.410 e. The first-order chi connectivity index (χ1) is 16.0. The number of anilines is 1. The largest absolute Gasteiger partial charge is 0.481 e. The molecule has 0 bridgehead atoms. The number of piperidine rings is 1. The highest BCUT2D eigenvalue weighted by Gasteiger charge is 2.69. The second kappa shape index (κ2) is 8.78. The van der Waals surface area contributed by atoms with Crippen LogP contribution < -0.4 is 4.90 Å². The number of carbonyl (C=O) groups excluding carboxylic acids is 2. The molecule has 4 rings (SSSR count). The first-order valence-electron chi connectivity index (χ1n) is 12.3. The molecule has 8 nitrogen and oxygen atoms in total. The summed E-state index contributed by atoms with van der Waals surface area (Å²) in [6.07, 6.45) is 1.54. The first kappa shape index (κ1) is 24.4. The van der Waals surface area contributed by atoms with Crippen LogP contribution in [0.3, 0.4) is 0 Å². The number of aliphatic carboxylic acids is 1. The Kier molecular flexibility index (Phi) is 6.29. The lowest BCUT2D eigenvalue weighted by Crippen LogP contribution is -2.70. The van der Waals surface area contributed by atoms with E-state index in [1.165, 1.54) is 4.90 Å². The van der Waals surface area contributed by atoms with Gasteiger partial charge in [0, 0.05) is 38.4 Å². The molecule has 8 heteroatoms. The van der Waals surface area contributed by atoms with E-state index in [9.17, 15) is 19.5 Å². The third-order valence-electron chi connectivity index (χ3n) is 8.06. The van der Waals surface area contributed by atoms with Gasteiger partial charge in [-0.2, -0.15) is 0 Å². The summed E-state index contributed by atoms with van der Waals surface area (Å²) in [5.74, 6) is -1.30. The summed E-state index contributed by atoms with van der Waals surface area (Å²) in [4.78, 5) is 45.7. The lowest BCUT2D eigenvalue weighted by atomic mass is 9.55. The van der Waals surface area contributed by atoms with Crippen LogP contribution in [-0.4, -0.2) is 78.2 Å². The monoisotopic (exact) mass is 471 g/mol. The number of hydrogen-bond donors (Lipinski definition) is 1. The number of benzene rings is 1. The van der Waals surface area contributed by atoms with Crippen molar-refractivity contribution in [1.82, 2.24) is 9.80 Å². The van der Waals surface area contributed by atoms with E-state index in [0.29, 0.717) is 39.1 Å². The number of carbonyl (C=O) groups is 3. The molecule has 1 saturated carbocycles. The van der Waals surface area contributed by atoms with Crippen molar-refractivity contribution in [3.63, 3.8) is 0 Å². The molecule has 186 valence electrons. The van der Waals surface area contributed by atoms with E-state index in [2.05, 4.69) is 4.90 Å². The molecule has 3 fully saturated rings. The van der Waals surface area contributed by atoms with Gasteiger partial charge in [-0.15, -0.1) is 0 Å². The fourth-order valence-corrected chi connectivity index (χ4v) is 5.88.